The van der Waals surface area contributed by atoms with Crippen LogP contribution >= 0.6 is 11.6 Å². The van der Waals surface area contributed by atoms with E-state index in [9.17, 15) is 8.42 Å². The molecule has 0 radical (unpaired) electrons. The van der Waals surface area contributed by atoms with Gasteiger partial charge in [0.05, 0.1) is 4.90 Å². The normalized spacial score (nSPS) is 11.7. The number of nitrogens with one attached hydrogen (secondary N) is 1. The first-order chi connectivity index (χ1) is 12.9. The fourth-order valence-corrected chi connectivity index (χ4v) is 3.77. The third-order valence-corrected chi connectivity index (χ3v) is 6.05. The molecule has 0 bridgehead atoms. The van der Waals surface area contributed by atoms with Gasteiger partial charge in [-0.2, -0.15) is 0 Å². The van der Waals surface area contributed by atoms with E-state index in [1.807, 2.05) is 24.3 Å². The molecule has 0 unspecified atom stereocenters. The summed E-state index contributed by atoms with van der Waals surface area (Å²) in [4.78, 5) is 2.52. The molecule has 1 N–H and O–H groups in total. The van der Waals surface area contributed by atoms with Gasteiger partial charge in [-0.1, -0.05) is 37.6 Å². The summed E-state index contributed by atoms with van der Waals surface area (Å²) in [5.74, 6) is 0.827. The van der Waals surface area contributed by atoms with Gasteiger partial charge in [-0.05, 0) is 61.5 Å². The summed E-state index contributed by atoms with van der Waals surface area (Å²) < 4.78 is 32.8. The van der Waals surface area contributed by atoms with Crippen molar-refractivity contribution in [2.75, 3.05) is 32.8 Å². The Balaban J connectivity index is 1.78. The van der Waals surface area contributed by atoms with Crippen molar-refractivity contribution in [2.24, 2.45) is 0 Å². The van der Waals surface area contributed by atoms with E-state index < -0.39 is 10.0 Å². The first kappa shape index (κ1) is 21.7. The Hall–Kier alpha value is -1.60. The number of hydrogen-bond acceptors (Lipinski definition) is 4. The zero-order valence-electron chi connectivity index (χ0n) is 15.8. The second kappa shape index (κ2) is 10.7. The highest BCUT2D eigenvalue weighted by atomic mass is 35.5. The van der Waals surface area contributed by atoms with E-state index in [0.717, 1.165) is 30.9 Å². The fourth-order valence-electron chi connectivity index (χ4n) is 2.61. The quantitative estimate of drug-likeness (QED) is 0.615. The molecular weight excluding hydrogens is 384 g/mol. The Morgan fingerprint density at radius 3 is 2.22 bits per heavy atom. The van der Waals surface area contributed by atoms with Crippen molar-refractivity contribution < 1.29 is 13.2 Å². The van der Waals surface area contributed by atoms with Crippen LogP contribution < -0.4 is 9.46 Å². The number of likely N-dealkylation sites (N-methyl/N-ethyl adjacent to an activating group) is 1. The van der Waals surface area contributed by atoms with E-state index in [2.05, 4.69) is 23.5 Å². The molecule has 2 aromatic rings. The van der Waals surface area contributed by atoms with Crippen molar-refractivity contribution in [3.63, 3.8) is 0 Å². The molecule has 0 fully saturated rings. The van der Waals surface area contributed by atoms with Crippen molar-refractivity contribution in [3.8, 4) is 5.75 Å². The predicted octanol–water partition coefficient (Wildman–Crippen LogP) is 3.58. The molecule has 0 aliphatic carbocycles. The highest BCUT2D eigenvalue weighted by Crippen LogP contribution is 2.15. The molecular formula is C20H27ClN2O3S. The van der Waals surface area contributed by atoms with Gasteiger partial charge >= 0.3 is 0 Å². The number of benzene rings is 2. The third kappa shape index (κ3) is 7.14. The minimum absolute atomic E-state index is 0.212. The fraction of sp³-hybridized carbons (Fsp3) is 0.400. The third-order valence-electron chi connectivity index (χ3n) is 4.32. The van der Waals surface area contributed by atoms with Crippen LogP contribution in [0.4, 0.5) is 0 Å². The van der Waals surface area contributed by atoms with Crippen LogP contribution in [0, 0.1) is 0 Å². The summed E-state index contributed by atoms with van der Waals surface area (Å²) in [7, 11) is -3.52. The monoisotopic (exact) mass is 410 g/mol. The van der Waals surface area contributed by atoms with Crippen molar-refractivity contribution in [2.45, 2.75) is 25.2 Å². The number of sulfonamides is 1. The predicted molar refractivity (Wildman–Crippen MR) is 110 cm³/mol. The Labute approximate surface area is 167 Å². The summed E-state index contributed by atoms with van der Waals surface area (Å²) >= 11 is 5.79. The lowest BCUT2D eigenvalue weighted by atomic mass is 10.1. The van der Waals surface area contributed by atoms with Crippen LogP contribution in [0.2, 0.25) is 5.02 Å². The van der Waals surface area contributed by atoms with E-state index in [4.69, 9.17) is 16.3 Å². The molecule has 148 valence electrons. The van der Waals surface area contributed by atoms with E-state index >= 15 is 0 Å². The molecule has 7 heteroatoms. The van der Waals surface area contributed by atoms with E-state index in [0.29, 0.717) is 24.6 Å². The smallest absolute Gasteiger partial charge is 0.240 e. The number of nitrogens with zero attached hydrogens (tertiary/aromatic N) is 1. The average Bonchev–Trinajstić information content (AvgIpc) is 2.67. The van der Waals surface area contributed by atoms with Gasteiger partial charge in [0.2, 0.25) is 10.0 Å². The molecule has 0 aliphatic heterocycles. The molecule has 0 atom stereocenters. The molecule has 0 aromatic heterocycles. The molecule has 0 saturated heterocycles. The van der Waals surface area contributed by atoms with Gasteiger partial charge in [0.1, 0.15) is 12.4 Å². The Bertz CT molecular complexity index is 789. The number of hydrogen-bond donors (Lipinski definition) is 1. The van der Waals surface area contributed by atoms with Gasteiger partial charge in [0.15, 0.2) is 0 Å². The maximum atomic E-state index is 12.2. The van der Waals surface area contributed by atoms with E-state index in [1.54, 1.807) is 12.1 Å². The molecule has 5 nitrogen and oxygen atoms in total. The summed E-state index contributed by atoms with van der Waals surface area (Å²) in [5.41, 5.74) is 1.05. The van der Waals surface area contributed by atoms with Crippen LogP contribution in [0.1, 0.15) is 19.4 Å². The minimum atomic E-state index is -3.52. The molecule has 0 heterocycles. The standard InChI is InChI=1S/C20H27ClN2O3S/c1-3-23(4-2)15-16-26-19-9-5-17(6-10-19)13-14-22-27(24,25)20-11-7-18(21)8-12-20/h5-12,22H,3-4,13-16H2,1-2H3. The number of rotatable bonds is 11. The van der Waals surface area contributed by atoms with Crippen LogP contribution in [-0.2, 0) is 16.4 Å². The van der Waals surface area contributed by atoms with E-state index in [1.165, 1.54) is 12.1 Å². The highest BCUT2D eigenvalue weighted by molar-refractivity contribution is 7.89. The lowest BCUT2D eigenvalue weighted by molar-refractivity contribution is 0.223. The molecule has 2 aromatic carbocycles. The van der Waals surface area contributed by atoms with Crippen molar-refractivity contribution in [3.05, 3.63) is 59.1 Å². The zero-order valence-corrected chi connectivity index (χ0v) is 17.4. The van der Waals surface area contributed by atoms with Gasteiger partial charge in [0, 0.05) is 18.1 Å². The highest BCUT2D eigenvalue weighted by Gasteiger charge is 2.12. The second-order valence-electron chi connectivity index (χ2n) is 6.12. The molecule has 0 saturated carbocycles. The van der Waals surface area contributed by atoms with Gasteiger partial charge < -0.3 is 9.64 Å². The van der Waals surface area contributed by atoms with Crippen LogP contribution in [0.5, 0.6) is 5.75 Å². The summed E-state index contributed by atoms with van der Waals surface area (Å²) in [5, 5.41) is 0.508. The molecule has 0 aliphatic rings. The van der Waals surface area contributed by atoms with Gasteiger partial charge in [0.25, 0.3) is 0 Å². The summed E-state index contributed by atoms with van der Waals surface area (Å²) in [6, 6.07) is 13.9. The van der Waals surface area contributed by atoms with Gasteiger partial charge in [-0.25, -0.2) is 13.1 Å². The van der Waals surface area contributed by atoms with Crippen molar-refractivity contribution in [1.82, 2.24) is 9.62 Å². The first-order valence-electron chi connectivity index (χ1n) is 9.14. The van der Waals surface area contributed by atoms with Crippen LogP contribution in [-0.4, -0.2) is 46.1 Å². The van der Waals surface area contributed by atoms with Crippen LogP contribution in [0.3, 0.4) is 0 Å². The Morgan fingerprint density at radius 1 is 1.00 bits per heavy atom. The van der Waals surface area contributed by atoms with Gasteiger partial charge in [-0.15, -0.1) is 0 Å². The van der Waals surface area contributed by atoms with Crippen molar-refractivity contribution in [1.29, 1.82) is 0 Å². The van der Waals surface area contributed by atoms with E-state index in [-0.39, 0.29) is 4.90 Å². The first-order valence-corrected chi connectivity index (χ1v) is 11.0. The maximum absolute atomic E-state index is 12.2. The molecule has 0 spiro atoms. The molecule has 2 rings (SSSR count). The van der Waals surface area contributed by atoms with Crippen LogP contribution in [0.25, 0.3) is 0 Å². The number of halogens is 1. The topological polar surface area (TPSA) is 58.6 Å². The Kier molecular flexibility index (Phi) is 8.57. The average molecular weight is 411 g/mol. The largest absolute Gasteiger partial charge is 0.492 e. The molecule has 27 heavy (non-hydrogen) atoms. The van der Waals surface area contributed by atoms with Crippen molar-refractivity contribution >= 4 is 21.6 Å². The minimum Gasteiger partial charge on any atom is -0.492 e. The lowest BCUT2D eigenvalue weighted by Gasteiger charge is -2.18. The molecule has 0 amide bonds. The van der Waals surface area contributed by atoms with Gasteiger partial charge in [-0.3, -0.25) is 0 Å². The SMILES string of the molecule is CCN(CC)CCOc1ccc(CCNS(=O)(=O)c2ccc(Cl)cc2)cc1. The lowest BCUT2D eigenvalue weighted by Crippen LogP contribution is -2.27. The summed E-state index contributed by atoms with van der Waals surface area (Å²) in [6.07, 6.45) is 0.604. The Morgan fingerprint density at radius 2 is 1.63 bits per heavy atom. The van der Waals surface area contributed by atoms with Crippen LogP contribution in [0.15, 0.2) is 53.4 Å². The number of ether oxygens (including phenoxy) is 1. The zero-order chi connectivity index (χ0) is 19.7. The second-order valence-corrected chi connectivity index (χ2v) is 8.32. The summed E-state index contributed by atoms with van der Waals surface area (Å²) in [6.45, 7) is 8.20. The maximum Gasteiger partial charge on any atom is 0.240 e.